The Balaban J connectivity index is 1.49. The van der Waals surface area contributed by atoms with Gasteiger partial charge in [-0.25, -0.2) is 17.5 Å². The first-order valence-corrected chi connectivity index (χ1v) is 12.0. The number of carbonyl (C=O) groups is 2. The number of nitrogens with one attached hydrogen (secondary N) is 2. The van der Waals surface area contributed by atoms with Crippen LogP contribution in [0.4, 0.5) is 4.39 Å². The number of hydrogen-bond donors (Lipinski definition) is 2. The van der Waals surface area contributed by atoms with Crippen molar-refractivity contribution in [2.24, 2.45) is 0 Å². The quantitative estimate of drug-likeness (QED) is 0.475. The fourth-order valence-electron chi connectivity index (χ4n) is 3.28. The van der Waals surface area contributed by atoms with Gasteiger partial charge in [0.05, 0.1) is 11.4 Å². The number of fused-ring (bicyclic) bond motifs is 1. The van der Waals surface area contributed by atoms with Crippen molar-refractivity contribution >= 4 is 32.6 Å². The molecule has 7 nitrogen and oxygen atoms in total. The fourth-order valence-corrected chi connectivity index (χ4v) is 4.34. The maximum atomic E-state index is 13.0. The summed E-state index contributed by atoms with van der Waals surface area (Å²) >= 11 is 0. The molecule has 0 bridgehead atoms. The number of benzene rings is 3. The topological polar surface area (TPSA) is 95.6 Å². The highest BCUT2D eigenvalue weighted by Gasteiger charge is 2.18. The Hall–Kier alpha value is -3.30. The lowest BCUT2D eigenvalue weighted by molar-refractivity contribution is -0.135. The highest BCUT2D eigenvalue weighted by Crippen LogP contribution is 2.18. The minimum absolute atomic E-state index is 0.0775. The molecular formula is C24H26FN3O4S. The normalized spacial score (nSPS) is 11.3. The van der Waals surface area contributed by atoms with E-state index in [0.29, 0.717) is 6.54 Å². The van der Waals surface area contributed by atoms with Gasteiger partial charge in [-0.05, 0) is 47.5 Å². The van der Waals surface area contributed by atoms with Crippen LogP contribution in [-0.2, 0) is 26.2 Å². The van der Waals surface area contributed by atoms with E-state index >= 15 is 0 Å². The lowest BCUT2D eigenvalue weighted by Gasteiger charge is -2.20. The zero-order valence-corrected chi connectivity index (χ0v) is 19.1. The van der Waals surface area contributed by atoms with E-state index in [1.54, 1.807) is 31.2 Å². The van der Waals surface area contributed by atoms with Crippen molar-refractivity contribution in [1.29, 1.82) is 0 Å². The standard InChI is InChI=1S/C24H26FN3O4S/c1-2-28(17-23(29)26-16-18-7-10-21(25)11-8-18)24(30)13-14-27-33(31,32)22-12-9-19-5-3-4-6-20(19)15-22/h3-12,15,27H,2,13-14,16-17H2,1H3,(H,26,29). The van der Waals surface area contributed by atoms with Gasteiger partial charge in [0.25, 0.3) is 0 Å². The average molecular weight is 472 g/mol. The summed E-state index contributed by atoms with van der Waals surface area (Å²) < 4.78 is 40.6. The van der Waals surface area contributed by atoms with Crippen molar-refractivity contribution in [2.75, 3.05) is 19.6 Å². The van der Waals surface area contributed by atoms with Gasteiger partial charge in [0.15, 0.2) is 0 Å². The number of nitrogens with zero attached hydrogens (tertiary/aromatic N) is 1. The summed E-state index contributed by atoms with van der Waals surface area (Å²) in [6.45, 7) is 2.04. The van der Waals surface area contributed by atoms with Gasteiger partial charge >= 0.3 is 0 Å². The lowest BCUT2D eigenvalue weighted by Crippen LogP contribution is -2.41. The molecule has 9 heteroatoms. The highest BCUT2D eigenvalue weighted by molar-refractivity contribution is 7.89. The van der Waals surface area contributed by atoms with Crippen LogP contribution in [0.15, 0.2) is 71.6 Å². The van der Waals surface area contributed by atoms with Gasteiger partial charge in [0.1, 0.15) is 5.82 Å². The summed E-state index contributed by atoms with van der Waals surface area (Å²) in [5.74, 6) is -1.05. The van der Waals surface area contributed by atoms with Crippen LogP contribution in [0.2, 0.25) is 0 Å². The number of likely N-dealkylation sites (N-methyl/N-ethyl adjacent to an activating group) is 1. The maximum absolute atomic E-state index is 13.0. The molecule has 0 saturated heterocycles. The Bertz CT molecular complexity index is 1230. The lowest BCUT2D eigenvalue weighted by atomic mass is 10.1. The molecule has 2 amide bonds. The molecule has 0 heterocycles. The van der Waals surface area contributed by atoms with Gasteiger partial charge in [-0.2, -0.15) is 0 Å². The van der Waals surface area contributed by atoms with Crippen LogP contribution in [0.3, 0.4) is 0 Å². The SMILES string of the molecule is CCN(CC(=O)NCc1ccc(F)cc1)C(=O)CCNS(=O)(=O)c1ccc2ccccc2c1. The summed E-state index contributed by atoms with van der Waals surface area (Å²) in [5, 5.41) is 4.43. The molecule has 0 spiro atoms. The van der Waals surface area contributed by atoms with Crippen LogP contribution >= 0.6 is 0 Å². The van der Waals surface area contributed by atoms with Crippen LogP contribution in [0.5, 0.6) is 0 Å². The smallest absolute Gasteiger partial charge is 0.240 e. The number of hydrogen-bond acceptors (Lipinski definition) is 4. The molecule has 0 aromatic heterocycles. The first kappa shape index (κ1) is 24.3. The van der Waals surface area contributed by atoms with Crippen LogP contribution in [-0.4, -0.2) is 44.8 Å². The van der Waals surface area contributed by atoms with Crippen molar-refractivity contribution in [3.63, 3.8) is 0 Å². The molecule has 33 heavy (non-hydrogen) atoms. The molecular weight excluding hydrogens is 445 g/mol. The monoisotopic (exact) mass is 471 g/mol. The number of amides is 2. The van der Waals surface area contributed by atoms with E-state index in [1.165, 1.54) is 23.1 Å². The zero-order chi connectivity index (χ0) is 23.8. The zero-order valence-electron chi connectivity index (χ0n) is 18.3. The largest absolute Gasteiger partial charge is 0.350 e. The van der Waals surface area contributed by atoms with E-state index in [0.717, 1.165) is 16.3 Å². The molecule has 3 aromatic rings. The molecule has 2 N–H and O–H groups in total. The molecule has 0 aliphatic heterocycles. The second kappa shape index (κ2) is 11.0. The minimum Gasteiger partial charge on any atom is -0.350 e. The molecule has 0 aliphatic rings. The molecule has 0 atom stereocenters. The number of carbonyl (C=O) groups excluding carboxylic acids is 2. The van der Waals surface area contributed by atoms with Gasteiger partial charge in [0, 0.05) is 26.1 Å². The van der Waals surface area contributed by atoms with Gasteiger partial charge in [-0.15, -0.1) is 0 Å². The fraction of sp³-hybridized carbons (Fsp3) is 0.250. The number of halogens is 1. The summed E-state index contributed by atoms with van der Waals surface area (Å²) in [4.78, 5) is 26.2. The van der Waals surface area contributed by atoms with Gasteiger partial charge in [-0.1, -0.05) is 42.5 Å². The Labute approximate surface area is 192 Å². The van der Waals surface area contributed by atoms with Crippen molar-refractivity contribution in [3.8, 4) is 0 Å². The van der Waals surface area contributed by atoms with E-state index in [1.807, 2.05) is 24.3 Å². The average Bonchev–Trinajstić information content (AvgIpc) is 2.81. The van der Waals surface area contributed by atoms with Crippen LogP contribution in [0.1, 0.15) is 18.9 Å². The predicted molar refractivity (Wildman–Crippen MR) is 124 cm³/mol. The van der Waals surface area contributed by atoms with E-state index in [2.05, 4.69) is 10.0 Å². The van der Waals surface area contributed by atoms with Gasteiger partial charge in [0.2, 0.25) is 21.8 Å². The third-order valence-corrected chi connectivity index (χ3v) is 6.59. The first-order chi connectivity index (χ1) is 15.8. The van der Waals surface area contributed by atoms with Crippen LogP contribution in [0, 0.1) is 5.82 Å². The van der Waals surface area contributed by atoms with Crippen LogP contribution in [0.25, 0.3) is 10.8 Å². The Kier molecular flexibility index (Phi) is 8.13. The third-order valence-electron chi connectivity index (χ3n) is 5.13. The Morgan fingerprint density at radius 3 is 2.36 bits per heavy atom. The van der Waals surface area contributed by atoms with Crippen LogP contribution < -0.4 is 10.0 Å². The molecule has 174 valence electrons. The molecule has 0 fully saturated rings. The highest BCUT2D eigenvalue weighted by atomic mass is 32.2. The molecule has 0 saturated carbocycles. The van der Waals surface area contributed by atoms with E-state index in [4.69, 9.17) is 0 Å². The first-order valence-electron chi connectivity index (χ1n) is 10.6. The van der Waals surface area contributed by atoms with Crippen molar-refractivity contribution < 1.29 is 22.4 Å². The number of rotatable bonds is 10. The molecule has 0 unspecified atom stereocenters. The van der Waals surface area contributed by atoms with Gasteiger partial charge in [-0.3, -0.25) is 9.59 Å². The summed E-state index contributed by atoms with van der Waals surface area (Å²) in [5.41, 5.74) is 0.738. The molecule has 0 radical (unpaired) electrons. The van der Waals surface area contributed by atoms with Crippen molar-refractivity contribution in [2.45, 2.75) is 24.8 Å². The van der Waals surface area contributed by atoms with Crippen molar-refractivity contribution in [1.82, 2.24) is 14.9 Å². The second-order valence-corrected chi connectivity index (χ2v) is 9.23. The van der Waals surface area contributed by atoms with E-state index < -0.39 is 10.0 Å². The summed E-state index contributed by atoms with van der Waals surface area (Å²) in [7, 11) is -3.77. The molecule has 3 rings (SSSR count). The Morgan fingerprint density at radius 2 is 1.67 bits per heavy atom. The molecule has 0 aliphatic carbocycles. The Morgan fingerprint density at radius 1 is 0.970 bits per heavy atom. The summed E-state index contributed by atoms with van der Waals surface area (Å²) in [6.07, 6.45) is -0.0775. The van der Waals surface area contributed by atoms with E-state index in [9.17, 15) is 22.4 Å². The second-order valence-electron chi connectivity index (χ2n) is 7.47. The maximum Gasteiger partial charge on any atom is 0.240 e. The number of sulfonamides is 1. The molecule has 3 aromatic carbocycles. The van der Waals surface area contributed by atoms with E-state index in [-0.39, 0.29) is 48.6 Å². The third kappa shape index (κ3) is 6.84. The van der Waals surface area contributed by atoms with Gasteiger partial charge < -0.3 is 10.2 Å². The minimum atomic E-state index is -3.77. The van der Waals surface area contributed by atoms with Crippen molar-refractivity contribution in [3.05, 3.63) is 78.1 Å². The summed E-state index contributed by atoms with van der Waals surface area (Å²) in [6, 6.07) is 18.0. The predicted octanol–water partition coefficient (Wildman–Crippen LogP) is 2.81.